The van der Waals surface area contributed by atoms with E-state index in [-0.39, 0.29) is 10.8 Å². The number of allylic oxidation sites excluding steroid dienone is 7. The summed E-state index contributed by atoms with van der Waals surface area (Å²) in [5, 5.41) is 0. The van der Waals surface area contributed by atoms with E-state index in [9.17, 15) is 0 Å². The van der Waals surface area contributed by atoms with Crippen molar-refractivity contribution in [2.75, 3.05) is 9.80 Å². The minimum absolute atomic E-state index is 0.0344. The Kier molecular flexibility index (Phi) is 7.59. The zero-order chi connectivity index (χ0) is 35.8. The van der Waals surface area contributed by atoms with Gasteiger partial charge in [-0.1, -0.05) is 113 Å². The topological polar surface area (TPSA) is 6.48 Å². The number of para-hydroxylation sites is 3. The molecular formula is C50H48N2. The number of fused-ring (bicyclic) bond motifs is 6. The van der Waals surface area contributed by atoms with E-state index in [1.165, 1.54) is 67.5 Å². The summed E-state index contributed by atoms with van der Waals surface area (Å²) in [6.45, 7) is 14.7. The quantitative estimate of drug-likeness (QED) is 0.177. The summed E-state index contributed by atoms with van der Waals surface area (Å²) >= 11 is 0. The van der Waals surface area contributed by atoms with Crippen molar-refractivity contribution in [1.29, 1.82) is 0 Å². The second-order valence-electron chi connectivity index (χ2n) is 16.2. The van der Waals surface area contributed by atoms with Crippen LogP contribution in [0, 0.1) is 19.8 Å². The summed E-state index contributed by atoms with van der Waals surface area (Å²) in [5.74, 6) is 0.709. The molecule has 0 saturated carbocycles. The number of hydrogen-bond acceptors (Lipinski definition) is 2. The van der Waals surface area contributed by atoms with Crippen LogP contribution >= 0.6 is 0 Å². The summed E-state index contributed by atoms with van der Waals surface area (Å²) in [6, 6.07) is 39.7. The van der Waals surface area contributed by atoms with Gasteiger partial charge in [-0.25, -0.2) is 0 Å². The molecule has 2 atom stereocenters. The molecule has 2 nitrogen and oxygen atoms in total. The maximum Gasteiger partial charge on any atom is 0.0465 e. The van der Waals surface area contributed by atoms with Crippen LogP contribution in [0.3, 0.4) is 0 Å². The molecule has 0 fully saturated rings. The standard InChI is InChI=1S/C50H48N2/c1-33-45-41-29-27-39(51(35-19-11-7-12-20-35)36-21-13-8-14-22-36)31-43(41)50(5,6)48(45)34(2)46-42-30-28-40(32-44(42)49(3,4)47(33)46)52(37-23-15-9-16-24-37)38-25-17-10-18-26-38/h7-17,19-25,27-32,42,44H,18,26H2,1-6H3. The maximum absolute atomic E-state index is 2.61. The van der Waals surface area contributed by atoms with Crippen molar-refractivity contribution in [2.24, 2.45) is 5.92 Å². The summed E-state index contributed by atoms with van der Waals surface area (Å²) in [5.41, 5.74) is 19.0. The van der Waals surface area contributed by atoms with Crippen LogP contribution in [-0.2, 0) is 10.8 Å². The summed E-state index contributed by atoms with van der Waals surface area (Å²) in [6.07, 6.45) is 16.5. The Hall–Kier alpha value is -5.34. The molecule has 5 aromatic rings. The molecule has 0 aromatic heterocycles. The number of hydrogen-bond donors (Lipinski definition) is 0. The minimum Gasteiger partial charge on any atom is -0.315 e. The lowest BCUT2D eigenvalue weighted by Crippen LogP contribution is -2.30. The third-order valence-corrected chi connectivity index (χ3v) is 12.5. The van der Waals surface area contributed by atoms with Crippen LogP contribution in [0.25, 0.3) is 11.1 Å². The van der Waals surface area contributed by atoms with E-state index in [2.05, 4.69) is 197 Å². The molecule has 0 aliphatic heterocycles. The molecule has 258 valence electrons. The van der Waals surface area contributed by atoms with Crippen LogP contribution in [0.5, 0.6) is 0 Å². The minimum atomic E-state index is -0.143. The van der Waals surface area contributed by atoms with Gasteiger partial charge in [-0.3, -0.25) is 0 Å². The first-order chi connectivity index (χ1) is 25.2. The van der Waals surface area contributed by atoms with Crippen LogP contribution in [0.1, 0.15) is 79.8 Å². The van der Waals surface area contributed by atoms with Crippen molar-refractivity contribution >= 4 is 22.7 Å². The summed E-state index contributed by atoms with van der Waals surface area (Å²) in [7, 11) is 0. The Morgan fingerprint density at radius 1 is 0.654 bits per heavy atom. The molecule has 2 heteroatoms. The maximum atomic E-state index is 2.61. The molecule has 0 spiro atoms. The number of rotatable bonds is 6. The van der Waals surface area contributed by atoms with E-state index in [0.717, 1.165) is 12.8 Å². The first-order valence-electron chi connectivity index (χ1n) is 19.0. The number of benzene rings is 5. The highest BCUT2D eigenvalue weighted by Crippen LogP contribution is 2.62. The number of anilines is 4. The molecule has 4 aliphatic carbocycles. The molecule has 0 bridgehead atoms. The zero-order valence-electron chi connectivity index (χ0n) is 31.3. The zero-order valence-corrected chi connectivity index (χ0v) is 31.3. The normalized spacial score (nSPS) is 20.0. The van der Waals surface area contributed by atoms with Crippen LogP contribution in [0.4, 0.5) is 22.7 Å². The molecule has 0 saturated heterocycles. The van der Waals surface area contributed by atoms with Gasteiger partial charge in [0.1, 0.15) is 0 Å². The Balaban J connectivity index is 1.17. The lowest BCUT2D eigenvalue weighted by Gasteiger charge is -2.36. The van der Waals surface area contributed by atoms with Crippen LogP contribution in [0.2, 0.25) is 0 Å². The van der Waals surface area contributed by atoms with Gasteiger partial charge in [-0.15, -0.1) is 0 Å². The highest BCUT2D eigenvalue weighted by molar-refractivity contribution is 5.90. The van der Waals surface area contributed by atoms with E-state index in [0.29, 0.717) is 11.8 Å². The van der Waals surface area contributed by atoms with E-state index in [1.54, 1.807) is 11.1 Å². The van der Waals surface area contributed by atoms with Crippen LogP contribution < -0.4 is 9.80 Å². The number of nitrogens with zero attached hydrogens (tertiary/aromatic N) is 2. The molecule has 4 aliphatic rings. The molecule has 0 heterocycles. The van der Waals surface area contributed by atoms with Gasteiger partial charge in [0.2, 0.25) is 0 Å². The molecule has 9 rings (SSSR count). The molecular weight excluding hydrogens is 629 g/mol. The van der Waals surface area contributed by atoms with Gasteiger partial charge >= 0.3 is 0 Å². The molecule has 0 N–H and O–H groups in total. The monoisotopic (exact) mass is 676 g/mol. The fourth-order valence-corrected chi connectivity index (χ4v) is 10.3. The van der Waals surface area contributed by atoms with Crippen LogP contribution in [0.15, 0.2) is 157 Å². The first-order valence-corrected chi connectivity index (χ1v) is 19.0. The second kappa shape index (κ2) is 12.1. The molecule has 2 unspecified atom stereocenters. The van der Waals surface area contributed by atoms with Gasteiger partial charge in [-0.2, -0.15) is 0 Å². The third-order valence-electron chi connectivity index (χ3n) is 12.5. The summed E-state index contributed by atoms with van der Waals surface area (Å²) < 4.78 is 0. The Morgan fingerprint density at radius 2 is 1.27 bits per heavy atom. The SMILES string of the molecule is Cc1c2c(c(C)c3c1C(C)(C)c1cc(N(c4ccccc4)c4ccccc4)ccc1-3)C(C)(C)C1C=C(N(C3=CC=CCC3)c3ccccc3)C=CC21. The van der Waals surface area contributed by atoms with Gasteiger partial charge < -0.3 is 9.80 Å². The van der Waals surface area contributed by atoms with Gasteiger partial charge in [0.15, 0.2) is 0 Å². The average Bonchev–Trinajstić information content (AvgIpc) is 3.56. The van der Waals surface area contributed by atoms with E-state index in [1.807, 2.05) is 0 Å². The summed E-state index contributed by atoms with van der Waals surface area (Å²) in [4.78, 5) is 4.89. The smallest absolute Gasteiger partial charge is 0.0465 e. The van der Waals surface area contributed by atoms with Crippen molar-refractivity contribution < 1.29 is 0 Å². The fourth-order valence-electron chi connectivity index (χ4n) is 10.3. The van der Waals surface area contributed by atoms with Crippen molar-refractivity contribution in [3.05, 3.63) is 190 Å². The molecule has 0 radical (unpaired) electrons. The largest absolute Gasteiger partial charge is 0.315 e. The fraction of sp³-hybridized carbons (Fsp3) is 0.240. The average molecular weight is 677 g/mol. The van der Waals surface area contributed by atoms with E-state index in [4.69, 9.17) is 0 Å². The van der Waals surface area contributed by atoms with Gasteiger partial charge in [0.25, 0.3) is 0 Å². The molecule has 52 heavy (non-hydrogen) atoms. The third kappa shape index (κ3) is 4.84. The van der Waals surface area contributed by atoms with Crippen molar-refractivity contribution in [2.45, 2.75) is 71.1 Å². The second-order valence-corrected chi connectivity index (χ2v) is 16.2. The Morgan fingerprint density at radius 3 is 1.87 bits per heavy atom. The predicted octanol–water partition coefficient (Wildman–Crippen LogP) is 13.3. The lowest BCUT2D eigenvalue weighted by atomic mass is 9.72. The highest BCUT2D eigenvalue weighted by Gasteiger charge is 2.51. The van der Waals surface area contributed by atoms with Crippen LogP contribution in [-0.4, -0.2) is 0 Å². The highest BCUT2D eigenvalue weighted by atomic mass is 15.2. The van der Waals surface area contributed by atoms with Crippen molar-refractivity contribution in [3.8, 4) is 11.1 Å². The Bertz CT molecular complexity index is 2280. The lowest BCUT2D eigenvalue weighted by molar-refractivity contribution is 0.391. The molecule has 0 amide bonds. The Labute approximate surface area is 310 Å². The van der Waals surface area contributed by atoms with E-state index < -0.39 is 0 Å². The van der Waals surface area contributed by atoms with E-state index >= 15 is 0 Å². The van der Waals surface area contributed by atoms with Gasteiger partial charge in [-0.05, 0) is 143 Å². The molecule has 5 aromatic carbocycles. The predicted molar refractivity (Wildman–Crippen MR) is 220 cm³/mol. The van der Waals surface area contributed by atoms with Gasteiger partial charge in [0.05, 0.1) is 0 Å². The van der Waals surface area contributed by atoms with Gasteiger partial charge in [0, 0.05) is 45.5 Å². The first kappa shape index (κ1) is 32.6. The van der Waals surface area contributed by atoms with Crippen molar-refractivity contribution in [3.63, 3.8) is 0 Å². The van der Waals surface area contributed by atoms with Crippen molar-refractivity contribution in [1.82, 2.24) is 0 Å².